The number of fused-ring (bicyclic) bond motifs is 1. The largest absolute Gasteiger partial charge is 0.433 e. The molecule has 0 unspecified atom stereocenters. The van der Waals surface area contributed by atoms with E-state index >= 15 is 0 Å². The lowest BCUT2D eigenvalue weighted by atomic mass is 10.2. The van der Waals surface area contributed by atoms with Gasteiger partial charge in [-0.3, -0.25) is 10.1 Å². The average Bonchev–Trinajstić information content (AvgIpc) is 3.27. The van der Waals surface area contributed by atoms with Crippen molar-refractivity contribution < 1.29 is 22.4 Å². The van der Waals surface area contributed by atoms with Crippen LogP contribution in [-0.2, 0) is 12.7 Å². The number of nitrogens with one attached hydrogen (secondary N) is 1. The van der Waals surface area contributed by atoms with Gasteiger partial charge in [-0.2, -0.15) is 18.3 Å². The molecule has 3 heterocycles. The molecule has 1 amide bonds. The average molecular weight is 498 g/mol. The SMILES string of the molecule is Cc1cc(C(F)(F)F)n2nc(C(=O)Nc3ncn(Cc4ccc(F)cc4)n3)c(Br)c2n1. The first-order chi connectivity index (χ1) is 14.6. The maximum Gasteiger partial charge on any atom is 0.433 e. The number of carbonyl (C=O) groups is 1. The summed E-state index contributed by atoms with van der Waals surface area (Å²) in [5.74, 6) is -1.26. The number of carbonyl (C=O) groups excluding carboxylic acids is 1. The normalized spacial score (nSPS) is 11.8. The van der Waals surface area contributed by atoms with E-state index < -0.39 is 17.8 Å². The van der Waals surface area contributed by atoms with Crippen LogP contribution >= 0.6 is 15.9 Å². The predicted octanol–water partition coefficient (Wildman–Crippen LogP) is 3.85. The van der Waals surface area contributed by atoms with Gasteiger partial charge in [-0.15, -0.1) is 5.10 Å². The van der Waals surface area contributed by atoms with Crippen LogP contribution in [0.15, 0.2) is 41.1 Å². The van der Waals surface area contributed by atoms with E-state index in [1.807, 2.05) is 0 Å². The lowest BCUT2D eigenvalue weighted by Crippen LogP contribution is -2.16. The zero-order valence-electron chi connectivity index (χ0n) is 15.7. The van der Waals surface area contributed by atoms with Crippen LogP contribution in [0.25, 0.3) is 5.65 Å². The molecule has 0 saturated carbocycles. The zero-order valence-corrected chi connectivity index (χ0v) is 17.2. The van der Waals surface area contributed by atoms with E-state index in [4.69, 9.17) is 0 Å². The van der Waals surface area contributed by atoms with Gasteiger partial charge in [0, 0.05) is 5.69 Å². The van der Waals surface area contributed by atoms with Crippen LogP contribution in [0.1, 0.15) is 27.4 Å². The highest BCUT2D eigenvalue weighted by Gasteiger charge is 2.36. The maximum atomic E-state index is 13.3. The molecule has 4 aromatic rings. The summed E-state index contributed by atoms with van der Waals surface area (Å²) in [7, 11) is 0. The van der Waals surface area contributed by atoms with E-state index in [2.05, 4.69) is 41.4 Å². The van der Waals surface area contributed by atoms with Crippen molar-refractivity contribution in [3.63, 3.8) is 0 Å². The first-order valence-electron chi connectivity index (χ1n) is 8.70. The van der Waals surface area contributed by atoms with Gasteiger partial charge in [-0.25, -0.2) is 23.6 Å². The second kappa shape index (κ2) is 7.72. The molecule has 0 radical (unpaired) electrons. The molecule has 8 nitrogen and oxygen atoms in total. The van der Waals surface area contributed by atoms with Crippen LogP contribution in [0, 0.1) is 12.7 Å². The van der Waals surface area contributed by atoms with Gasteiger partial charge in [0.2, 0.25) is 5.95 Å². The van der Waals surface area contributed by atoms with E-state index in [1.54, 1.807) is 12.1 Å². The molecule has 4 rings (SSSR count). The highest BCUT2D eigenvalue weighted by molar-refractivity contribution is 9.10. The number of rotatable bonds is 4. The highest BCUT2D eigenvalue weighted by atomic mass is 79.9. The molecule has 0 fully saturated rings. The fraction of sp³-hybridized carbons (Fsp3) is 0.167. The lowest BCUT2D eigenvalue weighted by molar-refractivity contribution is -0.142. The van der Waals surface area contributed by atoms with Gasteiger partial charge in [0.05, 0.1) is 11.0 Å². The van der Waals surface area contributed by atoms with Crippen molar-refractivity contribution >= 4 is 33.4 Å². The minimum Gasteiger partial charge on any atom is -0.288 e. The van der Waals surface area contributed by atoms with Crippen LogP contribution in [0.5, 0.6) is 0 Å². The molecule has 31 heavy (non-hydrogen) atoms. The number of aromatic nitrogens is 6. The fourth-order valence-corrected chi connectivity index (χ4v) is 3.34. The van der Waals surface area contributed by atoms with Crippen LogP contribution in [0.3, 0.4) is 0 Å². The summed E-state index contributed by atoms with van der Waals surface area (Å²) >= 11 is 3.11. The molecule has 0 saturated heterocycles. The second-order valence-electron chi connectivity index (χ2n) is 6.52. The zero-order chi connectivity index (χ0) is 22.3. The van der Waals surface area contributed by atoms with E-state index in [1.165, 1.54) is 30.1 Å². The summed E-state index contributed by atoms with van der Waals surface area (Å²) in [6, 6.07) is 6.61. The van der Waals surface area contributed by atoms with Crippen LogP contribution in [0.2, 0.25) is 0 Å². The third kappa shape index (κ3) is 4.26. The fourth-order valence-electron chi connectivity index (χ4n) is 2.83. The minimum absolute atomic E-state index is 0.00458. The van der Waals surface area contributed by atoms with Gasteiger partial charge in [0.15, 0.2) is 11.3 Å². The van der Waals surface area contributed by atoms with Gasteiger partial charge in [0.25, 0.3) is 5.91 Å². The molecule has 0 bridgehead atoms. The number of anilines is 1. The first-order valence-corrected chi connectivity index (χ1v) is 9.49. The molecule has 0 aliphatic rings. The number of halogens is 5. The Morgan fingerprint density at radius 1 is 1.19 bits per heavy atom. The molecule has 1 N–H and O–H groups in total. The number of nitrogens with zero attached hydrogens (tertiary/aromatic N) is 6. The Labute approximate surface area is 180 Å². The summed E-state index contributed by atoms with van der Waals surface area (Å²) in [5, 5.41) is 10.2. The number of aryl methyl sites for hydroxylation is 1. The smallest absolute Gasteiger partial charge is 0.288 e. The van der Waals surface area contributed by atoms with E-state index in [0.29, 0.717) is 4.52 Å². The summed E-state index contributed by atoms with van der Waals surface area (Å²) in [4.78, 5) is 20.6. The van der Waals surface area contributed by atoms with Crippen molar-refractivity contribution in [3.05, 3.63) is 69.6 Å². The van der Waals surface area contributed by atoms with Crippen molar-refractivity contribution in [1.82, 2.24) is 29.4 Å². The van der Waals surface area contributed by atoms with Crippen LogP contribution in [0.4, 0.5) is 23.5 Å². The van der Waals surface area contributed by atoms with Crippen LogP contribution in [-0.4, -0.2) is 35.3 Å². The van der Waals surface area contributed by atoms with E-state index in [9.17, 15) is 22.4 Å². The molecule has 0 aliphatic heterocycles. The topological polar surface area (TPSA) is 90.0 Å². The van der Waals surface area contributed by atoms with Gasteiger partial charge in [-0.1, -0.05) is 12.1 Å². The molecule has 160 valence electrons. The third-order valence-electron chi connectivity index (χ3n) is 4.19. The quantitative estimate of drug-likeness (QED) is 0.432. The third-order valence-corrected chi connectivity index (χ3v) is 4.92. The summed E-state index contributed by atoms with van der Waals surface area (Å²) in [6.07, 6.45) is -3.34. The minimum atomic E-state index is -4.69. The number of amides is 1. The second-order valence-corrected chi connectivity index (χ2v) is 7.32. The summed E-state index contributed by atoms with van der Waals surface area (Å²) < 4.78 is 55.0. The number of hydrogen-bond acceptors (Lipinski definition) is 5. The summed E-state index contributed by atoms with van der Waals surface area (Å²) in [6.45, 7) is 1.69. The van der Waals surface area contributed by atoms with Crippen molar-refractivity contribution in [2.24, 2.45) is 0 Å². The lowest BCUT2D eigenvalue weighted by Gasteiger charge is -2.09. The molecule has 0 spiro atoms. The standard InChI is InChI=1S/C18H12BrF4N7O/c1-9-6-12(18(21,22)23)30-15(25-9)13(19)14(27-30)16(31)26-17-24-8-29(28-17)7-10-2-4-11(20)5-3-10/h2-6,8H,7H2,1H3,(H,26,28,31). The molecule has 3 aromatic heterocycles. The van der Waals surface area contributed by atoms with E-state index in [0.717, 1.165) is 11.6 Å². The molecule has 0 aliphatic carbocycles. The number of alkyl halides is 3. The number of benzene rings is 1. The van der Waals surface area contributed by atoms with Gasteiger partial charge in [0.1, 0.15) is 17.8 Å². The Morgan fingerprint density at radius 3 is 2.58 bits per heavy atom. The highest BCUT2D eigenvalue weighted by Crippen LogP contribution is 2.32. The summed E-state index contributed by atoms with van der Waals surface area (Å²) in [5.41, 5.74) is -0.635. The Kier molecular flexibility index (Phi) is 5.21. The molecule has 1 aromatic carbocycles. The van der Waals surface area contributed by atoms with Gasteiger partial charge >= 0.3 is 6.18 Å². The first kappa shape index (κ1) is 20.9. The maximum absolute atomic E-state index is 13.3. The Balaban J connectivity index is 1.58. The molecule has 0 atom stereocenters. The van der Waals surface area contributed by atoms with E-state index in [-0.39, 0.29) is 39.8 Å². The van der Waals surface area contributed by atoms with Crippen molar-refractivity contribution in [3.8, 4) is 0 Å². The monoisotopic (exact) mass is 497 g/mol. The van der Waals surface area contributed by atoms with Crippen molar-refractivity contribution in [2.45, 2.75) is 19.6 Å². The predicted molar refractivity (Wildman–Crippen MR) is 104 cm³/mol. The van der Waals surface area contributed by atoms with Crippen molar-refractivity contribution in [1.29, 1.82) is 0 Å². The Hall–Kier alpha value is -3.35. The molecule has 13 heteroatoms. The Bertz CT molecular complexity index is 1280. The number of hydrogen-bond donors (Lipinski definition) is 1. The van der Waals surface area contributed by atoms with Gasteiger partial charge < -0.3 is 0 Å². The van der Waals surface area contributed by atoms with Crippen molar-refractivity contribution in [2.75, 3.05) is 5.32 Å². The van der Waals surface area contributed by atoms with Crippen LogP contribution < -0.4 is 5.32 Å². The molecular formula is C18H12BrF4N7O. The molecular weight excluding hydrogens is 486 g/mol. The Morgan fingerprint density at radius 2 is 1.90 bits per heavy atom. The van der Waals surface area contributed by atoms with Gasteiger partial charge in [-0.05, 0) is 46.6 Å².